The molecule has 0 aromatic heterocycles. The Labute approximate surface area is 247 Å². The number of hydrogen-bond acceptors (Lipinski definition) is 8. The van der Waals surface area contributed by atoms with Crippen molar-refractivity contribution < 1.29 is 28.5 Å². The molecule has 3 aromatic carbocycles. The number of thioether (sulfide) groups is 2. The number of hydrogen-bond donors (Lipinski definition) is 0. The zero-order chi connectivity index (χ0) is 28.7. The number of methoxy groups -OCH3 is 4. The first kappa shape index (κ1) is 31.9. The predicted molar refractivity (Wildman–Crippen MR) is 163 cm³/mol. The summed E-state index contributed by atoms with van der Waals surface area (Å²) in [5.74, 6) is 0.659. The van der Waals surface area contributed by atoms with E-state index in [1.165, 1.54) is 0 Å². The van der Waals surface area contributed by atoms with Crippen LogP contribution in [0.2, 0.25) is 0 Å². The van der Waals surface area contributed by atoms with Gasteiger partial charge in [-0.25, -0.2) is 4.79 Å². The molecule has 1 unspecified atom stereocenters. The van der Waals surface area contributed by atoms with Gasteiger partial charge in [-0.05, 0) is 68.5 Å². The molecule has 0 aliphatic heterocycles. The average Bonchev–Trinajstić information content (AvgIpc) is 2.98. The Bertz CT molecular complexity index is 1110. The van der Waals surface area contributed by atoms with Gasteiger partial charge in [0.1, 0.15) is 17.1 Å². The second-order valence-corrected chi connectivity index (χ2v) is 11.9. The lowest BCUT2D eigenvalue weighted by molar-refractivity contribution is -0.107. The second-order valence-electron chi connectivity index (χ2n) is 9.24. The number of unbranched alkanes of at least 4 members (excludes halogenated alkanes) is 2. The fourth-order valence-corrected chi connectivity index (χ4v) is 6.85. The smallest absolute Gasteiger partial charge is 0.342 e. The molecule has 6 nitrogen and oxygen atoms in total. The minimum absolute atomic E-state index is 0.166. The van der Waals surface area contributed by atoms with Gasteiger partial charge >= 0.3 is 5.97 Å². The van der Waals surface area contributed by atoms with E-state index in [4.69, 9.17) is 23.7 Å². The molecule has 0 saturated carbocycles. The van der Waals surface area contributed by atoms with Crippen LogP contribution in [0.4, 0.5) is 0 Å². The van der Waals surface area contributed by atoms with Gasteiger partial charge in [0, 0.05) is 30.1 Å². The summed E-state index contributed by atoms with van der Waals surface area (Å²) in [6.45, 7) is 1.94. The van der Waals surface area contributed by atoms with Crippen molar-refractivity contribution >= 4 is 29.5 Å². The van der Waals surface area contributed by atoms with Crippen LogP contribution in [0.3, 0.4) is 0 Å². The molecule has 0 amide bonds. The molecule has 3 rings (SSSR count). The third kappa shape index (κ3) is 9.77. The van der Waals surface area contributed by atoms with Crippen molar-refractivity contribution in [2.75, 3.05) is 28.4 Å². The number of benzene rings is 3. The van der Waals surface area contributed by atoms with E-state index >= 15 is 0 Å². The van der Waals surface area contributed by atoms with Crippen LogP contribution in [-0.2, 0) is 14.2 Å². The summed E-state index contributed by atoms with van der Waals surface area (Å²) in [5.41, 5.74) is 1.22. The lowest BCUT2D eigenvalue weighted by atomic mass is 10.1. The number of esters is 1. The molecule has 0 spiro atoms. The summed E-state index contributed by atoms with van der Waals surface area (Å²) in [5, 5.41) is 0. The van der Waals surface area contributed by atoms with Crippen LogP contribution in [0.1, 0.15) is 59.5 Å². The Hall–Kier alpha value is -2.65. The van der Waals surface area contributed by atoms with E-state index in [1.54, 1.807) is 58.0 Å². The summed E-state index contributed by atoms with van der Waals surface area (Å²) in [6, 6.07) is 24.0. The lowest BCUT2D eigenvalue weighted by Gasteiger charge is -2.23. The highest BCUT2D eigenvalue weighted by atomic mass is 32.2. The Morgan fingerprint density at radius 3 is 1.85 bits per heavy atom. The lowest BCUT2D eigenvalue weighted by Crippen LogP contribution is -2.18. The monoisotopic (exact) mass is 584 g/mol. The van der Waals surface area contributed by atoms with Crippen molar-refractivity contribution in [3.05, 3.63) is 83.9 Å². The molecule has 0 aliphatic rings. The molecule has 8 heteroatoms. The van der Waals surface area contributed by atoms with Crippen LogP contribution in [0.5, 0.6) is 11.5 Å². The van der Waals surface area contributed by atoms with Gasteiger partial charge < -0.3 is 23.7 Å². The standard InChI is InChI=1S/C32H40O6S2/c1-23(15-9-6-14-20-29(36-4)37-5)38-31(33)30-27(21-24(34-2)22-28(30)35-3)32(39-25-16-10-7-11-17-25)40-26-18-12-8-13-19-26/h7-8,10-13,16-19,21-23,29,32H,6,9,14-15,20H2,1-5H3. The van der Waals surface area contributed by atoms with Crippen LogP contribution in [0, 0.1) is 0 Å². The van der Waals surface area contributed by atoms with Gasteiger partial charge in [0.15, 0.2) is 6.29 Å². The Morgan fingerprint density at radius 1 is 0.750 bits per heavy atom. The van der Waals surface area contributed by atoms with Gasteiger partial charge in [-0.3, -0.25) is 0 Å². The van der Waals surface area contributed by atoms with E-state index in [0.29, 0.717) is 17.1 Å². The van der Waals surface area contributed by atoms with Crippen molar-refractivity contribution in [3.8, 4) is 11.5 Å². The second kappa shape index (κ2) is 17.2. The van der Waals surface area contributed by atoms with E-state index in [0.717, 1.165) is 47.5 Å². The van der Waals surface area contributed by atoms with Crippen LogP contribution >= 0.6 is 23.5 Å². The molecule has 0 radical (unpaired) electrons. The van der Waals surface area contributed by atoms with E-state index in [2.05, 4.69) is 24.3 Å². The quantitative estimate of drug-likeness (QED) is 0.0678. The third-order valence-corrected chi connectivity index (χ3v) is 8.98. The van der Waals surface area contributed by atoms with E-state index in [1.807, 2.05) is 49.4 Å². The summed E-state index contributed by atoms with van der Waals surface area (Å²) in [4.78, 5) is 15.9. The summed E-state index contributed by atoms with van der Waals surface area (Å²) in [6.07, 6.45) is 4.13. The molecular weight excluding hydrogens is 544 g/mol. The van der Waals surface area contributed by atoms with Gasteiger partial charge in [-0.1, -0.05) is 42.8 Å². The fourth-order valence-electron chi connectivity index (χ4n) is 4.24. The van der Waals surface area contributed by atoms with E-state index in [-0.39, 0.29) is 17.0 Å². The van der Waals surface area contributed by atoms with Crippen molar-refractivity contribution in [1.29, 1.82) is 0 Å². The van der Waals surface area contributed by atoms with Crippen LogP contribution < -0.4 is 9.47 Å². The maximum atomic E-state index is 13.7. The van der Waals surface area contributed by atoms with Crippen molar-refractivity contribution in [2.24, 2.45) is 0 Å². The van der Waals surface area contributed by atoms with Crippen LogP contribution in [-0.4, -0.2) is 46.8 Å². The SMILES string of the molecule is COc1cc(OC)c(C(=O)OC(C)CCCCCC(OC)OC)c(C(Sc2ccccc2)Sc2ccccc2)c1. The van der Waals surface area contributed by atoms with Gasteiger partial charge in [-0.2, -0.15) is 0 Å². The summed E-state index contributed by atoms with van der Waals surface area (Å²) >= 11 is 3.35. The normalized spacial score (nSPS) is 12.0. The third-order valence-electron chi connectivity index (χ3n) is 6.38. The molecule has 216 valence electrons. The van der Waals surface area contributed by atoms with Crippen LogP contribution in [0.25, 0.3) is 0 Å². The first-order valence-corrected chi connectivity index (χ1v) is 15.2. The molecule has 0 fully saturated rings. The zero-order valence-corrected chi connectivity index (χ0v) is 25.6. The van der Waals surface area contributed by atoms with Gasteiger partial charge in [0.25, 0.3) is 0 Å². The fraction of sp³-hybridized carbons (Fsp3) is 0.406. The first-order valence-electron chi connectivity index (χ1n) is 13.4. The first-order chi connectivity index (χ1) is 19.5. The highest BCUT2D eigenvalue weighted by Gasteiger charge is 2.28. The summed E-state index contributed by atoms with van der Waals surface area (Å²) in [7, 11) is 6.48. The minimum Gasteiger partial charge on any atom is -0.497 e. The Kier molecular flexibility index (Phi) is 13.7. The molecule has 3 aromatic rings. The number of ether oxygens (including phenoxy) is 5. The Balaban J connectivity index is 1.84. The Morgan fingerprint density at radius 2 is 1.32 bits per heavy atom. The van der Waals surface area contributed by atoms with Crippen molar-refractivity contribution in [3.63, 3.8) is 0 Å². The van der Waals surface area contributed by atoms with Gasteiger partial charge in [0.2, 0.25) is 0 Å². The van der Waals surface area contributed by atoms with E-state index in [9.17, 15) is 4.79 Å². The largest absolute Gasteiger partial charge is 0.497 e. The maximum Gasteiger partial charge on any atom is 0.342 e. The van der Waals surface area contributed by atoms with E-state index < -0.39 is 5.97 Å². The predicted octanol–water partition coefficient (Wildman–Crippen LogP) is 8.40. The summed E-state index contributed by atoms with van der Waals surface area (Å²) < 4.78 is 27.7. The molecule has 0 aliphatic carbocycles. The molecule has 0 saturated heterocycles. The van der Waals surface area contributed by atoms with Gasteiger partial charge in [0.05, 0.1) is 24.9 Å². The molecule has 0 heterocycles. The number of rotatable bonds is 17. The minimum atomic E-state index is -0.395. The maximum absolute atomic E-state index is 13.7. The topological polar surface area (TPSA) is 63.2 Å². The molecule has 40 heavy (non-hydrogen) atoms. The number of carbonyl (C=O) groups excluding carboxylic acids is 1. The highest BCUT2D eigenvalue weighted by Crippen LogP contribution is 2.50. The van der Waals surface area contributed by atoms with Crippen molar-refractivity contribution in [2.45, 2.75) is 65.8 Å². The van der Waals surface area contributed by atoms with Crippen molar-refractivity contribution in [1.82, 2.24) is 0 Å². The van der Waals surface area contributed by atoms with Crippen LogP contribution in [0.15, 0.2) is 82.6 Å². The molecule has 1 atom stereocenters. The van der Waals surface area contributed by atoms with Gasteiger partial charge in [-0.15, -0.1) is 23.5 Å². The molecular formula is C32H40O6S2. The molecule has 0 bridgehead atoms. The zero-order valence-electron chi connectivity index (χ0n) is 24.0. The highest BCUT2D eigenvalue weighted by molar-refractivity contribution is 8.16. The molecule has 0 N–H and O–H groups in total. The number of carbonyl (C=O) groups is 1. The average molecular weight is 585 g/mol.